The predicted octanol–water partition coefficient (Wildman–Crippen LogP) is 4.98. The lowest BCUT2D eigenvalue weighted by atomic mass is 10.2. The number of carbonyl (C=O) groups is 1. The van der Waals surface area contributed by atoms with Crippen LogP contribution < -0.4 is 10.0 Å². The molecule has 0 atom stereocenters. The van der Waals surface area contributed by atoms with Crippen molar-refractivity contribution < 1.29 is 22.0 Å². The van der Waals surface area contributed by atoms with Crippen LogP contribution in [-0.2, 0) is 10.0 Å². The summed E-state index contributed by atoms with van der Waals surface area (Å²) < 4.78 is 55.3. The minimum Gasteiger partial charge on any atom is -0.317 e. The Balaban J connectivity index is 1.91. The number of amides is 1. The van der Waals surface area contributed by atoms with Crippen molar-refractivity contribution in [2.75, 3.05) is 10.0 Å². The maximum atomic E-state index is 13.7. The molecule has 3 rings (SSSR count). The molecule has 0 fully saturated rings. The number of hydrogen-bond acceptors (Lipinski definition) is 3. The number of rotatable bonds is 5. The molecule has 0 aliphatic heterocycles. The Kier molecular flexibility index (Phi) is 5.86. The van der Waals surface area contributed by atoms with Crippen molar-refractivity contribution in [2.45, 2.75) is 11.8 Å². The Morgan fingerprint density at radius 1 is 0.966 bits per heavy atom. The number of sulfonamides is 1. The third-order valence-corrected chi connectivity index (χ3v) is 5.85. The van der Waals surface area contributed by atoms with E-state index in [2.05, 4.69) is 10.0 Å². The van der Waals surface area contributed by atoms with Gasteiger partial charge < -0.3 is 5.32 Å². The Morgan fingerprint density at radius 2 is 1.59 bits per heavy atom. The minimum absolute atomic E-state index is 0.113. The molecule has 29 heavy (non-hydrogen) atoms. The first kappa shape index (κ1) is 20.8. The number of aryl methyl sites for hydroxylation is 1. The summed E-state index contributed by atoms with van der Waals surface area (Å²) in [7, 11) is -4.11. The molecule has 0 saturated heterocycles. The van der Waals surface area contributed by atoms with Crippen molar-refractivity contribution >= 4 is 38.9 Å². The number of anilines is 2. The Morgan fingerprint density at radius 3 is 2.21 bits per heavy atom. The fourth-order valence-corrected chi connectivity index (χ4v) is 4.07. The van der Waals surface area contributed by atoms with Gasteiger partial charge in [-0.25, -0.2) is 17.2 Å². The van der Waals surface area contributed by atoms with E-state index in [0.717, 1.165) is 29.8 Å². The van der Waals surface area contributed by atoms with Gasteiger partial charge in [-0.05, 0) is 49.4 Å². The molecular formula is C20H15ClF2N2O3S. The number of benzene rings is 3. The summed E-state index contributed by atoms with van der Waals surface area (Å²) in [6.45, 7) is 1.86. The molecule has 0 heterocycles. The highest BCUT2D eigenvalue weighted by atomic mass is 35.5. The summed E-state index contributed by atoms with van der Waals surface area (Å²) in [5.74, 6) is -2.81. The third kappa shape index (κ3) is 4.72. The van der Waals surface area contributed by atoms with E-state index in [-0.39, 0.29) is 15.5 Å². The van der Waals surface area contributed by atoms with Crippen molar-refractivity contribution in [2.24, 2.45) is 0 Å². The minimum atomic E-state index is -4.11. The highest BCUT2D eigenvalue weighted by molar-refractivity contribution is 7.92. The van der Waals surface area contributed by atoms with Crippen LogP contribution in [0, 0.1) is 18.6 Å². The summed E-state index contributed by atoms with van der Waals surface area (Å²) in [6, 6.07) is 13.3. The van der Waals surface area contributed by atoms with E-state index in [0.29, 0.717) is 5.69 Å². The molecule has 0 aromatic heterocycles. The Labute approximate surface area is 171 Å². The van der Waals surface area contributed by atoms with Crippen LogP contribution in [0.2, 0.25) is 5.02 Å². The molecule has 0 radical (unpaired) electrons. The standard InChI is InChI=1S/C20H15ClF2N2O3S/c1-12-5-8-14(9-6-12)25-29(27,28)18-11-13(7-10-15(18)21)20(26)24-19-16(22)3-2-4-17(19)23/h2-11,25H,1H3,(H,24,26). The lowest BCUT2D eigenvalue weighted by Gasteiger charge is -2.12. The van der Waals surface area contributed by atoms with E-state index < -0.39 is 33.3 Å². The van der Waals surface area contributed by atoms with Crippen molar-refractivity contribution in [3.8, 4) is 0 Å². The van der Waals surface area contributed by atoms with Crippen LogP contribution in [0.15, 0.2) is 65.6 Å². The molecule has 1 amide bonds. The lowest BCUT2D eigenvalue weighted by Crippen LogP contribution is -2.17. The normalized spacial score (nSPS) is 11.2. The van der Waals surface area contributed by atoms with Gasteiger partial charge in [0.05, 0.1) is 5.02 Å². The number of carbonyl (C=O) groups excluding carboxylic acids is 1. The van der Waals surface area contributed by atoms with E-state index in [4.69, 9.17) is 11.6 Å². The Bertz CT molecular complexity index is 1160. The van der Waals surface area contributed by atoms with Crippen LogP contribution in [0.25, 0.3) is 0 Å². The molecule has 0 bridgehead atoms. The smallest absolute Gasteiger partial charge is 0.263 e. The molecular weight excluding hydrogens is 422 g/mol. The van der Waals surface area contributed by atoms with Gasteiger partial charge in [-0.1, -0.05) is 35.4 Å². The molecule has 0 saturated carbocycles. The van der Waals surface area contributed by atoms with E-state index in [1.54, 1.807) is 24.3 Å². The molecule has 0 unspecified atom stereocenters. The third-order valence-electron chi connectivity index (χ3n) is 3.99. The van der Waals surface area contributed by atoms with Gasteiger partial charge in [0.2, 0.25) is 0 Å². The second-order valence-corrected chi connectivity index (χ2v) is 8.23. The van der Waals surface area contributed by atoms with Crippen LogP contribution in [0.1, 0.15) is 15.9 Å². The van der Waals surface area contributed by atoms with Gasteiger partial charge in [0, 0.05) is 11.3 Å². The van der Waals surface area contributed by atoms with Crippen LogP contribution in [0.5, 0.6) is 0 Å². The summed E-state index contributed by atoms with van der Waals surface area (Å²) in [6.07, 6.45) is 0. The molecule has 2 N–H and O–H groups in total. The van der Waals surface area contributed by atoms with Gasteiger partial charge in [0.25, 0.3) is 15.9 Å². The van der Waals surface area contributed by atoms with Gasteiger partial charge in [-0.15, -0.1) is 0 Å². The molecule has 150 valence electrons. The van der Waals surface area contributed by atoms with Gasteiger partial charge in [-0.3, -0.25) is 9.52 Å². The molecule has 9 heteroatoms. The first-order valence-corrected chi connectivity index (χ1v) is 10.2. The van der Waals surface area contributed by atoms with Gasteiger partial charge >= 0.3 is 0 Å². The zero-order chi connectivity index (χ0) is 21.2. The summed E-state index contributed by atoms with van der Waals surface area (Å²) >= 11 is 6.02. The number of para-hydroxylation sites is 1. The molecule has 0 aliphatic rings. The lowest BCUT2D eigenvalue weighted by molar-refractivity contribution is 0.102. The van der Waals surface area contributed by atoms with Crippen LogP contribution in [0.4, 0.5) is 20.2 Å². The quantitative estimate of drug-likeness (QED) is 0.592. The fraction of sp³-hybridized carbons (Fsp3) is 0.0500. The zero-order valence-corrected chi connectivity index (χ0v) is 16.6. The first-order chi connectivity index (χ1) is 13.7. The molecule has 0 spiro atoms. The second kappa shape index (κ2) is 8.18. The summed E-state index contributed by atoms with van der Waals surface area (Å²) in [5.41, 5.74) is 0.496. The van der Waals surface area contributed by atoms with Crippen LogP contribution in [-0.4, -0.2) is 14.3 Å². The molecule has 0 aliphatic carbocycles. The predicted molar refractivity (Wildman–Crippen MR) is 108 cm³/mol. The van der Waals surface area contributed by atoms with Crippen molar-refractivity contribution in [3.63, 3.8) is 0 Å². The van der Waals surface area contributed by atoms with Crippen molar-refractivity contribution in [1.82, 2.24) is 0 Å². The zero-order valence-electron chi connectivity index (χ0n) is 15.0. The van der Waals surface area contributed by atoms with Crippen LogP contribution >= 0.6 is 11.6 Å². The first-order valence-electron chi connectivity index (χ1n) is 8.32. The van der Waals surface area contributed by atoms with Crippen LogP contribution in [0.3, 0.4) is 0 Å². The molecule has 3 aromatic rings. The fourth-order valence-electron chi connectivity index (χ4n) is 2.49. The van der Waals surface area contributed by atoms with Gasteiger partial charge in [0.1, 0.15) is 22.2 Å². The number of nitrogens with one attached hydrogen (secondary N) is 2. The number of halogens is 3. The van der Waals surface area contributed by atoms with E-state index in [9.17, 15) is 22.0 Å². The SMILES string of the molecule is Cc1ccc(NS(=O)(=O)c2cc(C(=O)Nc3c(F)cccc3F)ccc2Cl)cc1. The molecule has 3 aromatic carbocycles. The topological polar surface area (TPSA) is 75.3 Å². The molecule has 5 nitrogen and oxygen atoms in total. The number of hydrogen-bond donors (Lipinski definition) is 2. The largest absolute Gasteiger partial charge is 0.317 e. The summed E-state index contributed by atoms with van der Waals surface area (Å²) in [5, 5.41) is 1.99. The second-order valence-electron chi connectivity index (χ2n) is 6.17. The van der Waals surface area contributed by atoms with E-state index in [1.165, 1.54) is 12.1 Å². The maximum Gasteiger partial charge on any atom is 0.263 e. The Hall–Kier alpha value is -2.97. The average molecular weight is 437 g/mol. The van der Waals surface area contributed by atoms with Crippen molar-refractivity contribution in [1.29, 1.82) is 0 Å². The average Bonchev–Trinajstić information content (AvgIpc) is 2.66. The van der Waals surface area contributed by atoms with Crippen molar-refractivity contribution in [3.05, 3.63) is 88.4 Å². The highest BCUT2D eigenvalue weighted by Gasteiger charge is 2.21. The summed E-state index contributed by atoms with van der Waals surface area (Å²) in [4.78, 5) is 12.1. The van der Waals surface area contributed by atoms with E-state index >= 15 is 0 Å². The van der Waals surface area contributed by atoms with E-state index in [1.807, 2.05) is 6.92 Å². The highest BCUT2D eigenvalue weighted by Crippen LogP contribution is 2.26. The van der Waals surface area contributed by atoms with Gasteiger partial charge in [-0.2, -0.15) is 0 Å². The van der Waals surface area contributed by atoms with Gasteiger partial charge in [0.15, 0.2) is 0 Å². The maximum absolute atomic E-state index is 13.7. The monoisotopic (exact) mass is 436 g/mol.